The van der Waals surface area contributed by atoms with Gasteiger partial charge in [-0.2, -0.15) is 13.2 Å². The first-order valence-electron chi connectivity index (χ1n) is 9.31. The monoisotopic (exact) mass is 436 g/mol. The average Bonchev–Trinajstić information content (AvgIpc) is 3.03. The number of fused-ring (bicyclic) bond motifs is 3. The van der Waals surface area contributed by atoms with E-state index in [1.165, 1.54) is 5.32 Å². The molecule has 164 valence electrons. The summed E-state index contributed by atoms with van der Waals surface area (Å²) in [7, 11) is 0. The summed E-state index contributed by atoms with van der Waals surface area (Å²) in [5, 5.41) is 11.9. The molecule has 0 saturated heterocycles. The third-order valence-electron chi connectivity index (χ3n) is 4.92. The van der Waals surface area contributed by atoms with Crippen LogP contribution < -0.4 is 10.6 Å². The van der Waals surface area contributed by atoms with Gasteiger partial charge in [-0.05, 0) is 29.2 Å². The van der Waals surface area contributed by atoms with Gasteiger partial charge < -0.3 is 20.5 Å². The predicted molar refractivity (Wildman–Crippen MR) is 103 cm³/mol. The third kappa shape index (κ3) is 4.79. The molecule has 7 nitrogen and oxygen atoms in total. The Morgan fingerprint density at radius 2 is 1.52 bits per heavy atom. The molecule has 3 rings (SSSR count). The van der Waals surface area contributed by atoms with E-state index in [4.69, 9.17) is 9.84 Å². The molecule has 31 heavy (non-hydrogen) atoms. The van der Waals surface area contributed by atoms with E-state index in [2.05, 4.69) is 0 Å². The zero-order chi connectivity index (χ0) is 22.8. The fraction of sp³-hybridized carbons (Fsp3) is 0.286. The van der Waals surface area contributed by atoms with Crippen molar-refractivity contribution >= 4 is 18.0 Å². The van der Waals surface area contributed by atoms with E-state index >= 15 is 0 Å². The van der Waals surface area contributed by atoms with Gasteiger partial charge in [-0.1, -0.05) is 48.5 Å². The van der Waals surface area contributed by atoms with Crippen molar-refractivity contribution in [1.82, 2.24) is 10.6 Å². The Morgan fingerprint density at radius 1 is 1.00 bits per heavy atom. The molecule has 0 radical (unpaired) electrons. The topological polar surface area (TPSA) is 105 Å². The fourth-order valence-corrected chi connectivity index (χ4v) is 3.41. The molecule has 0 bridgehead atoms. The van der Waals surface area contributed by atoms with Crippen LogP contribution in [0.2, 0.25) is 0 Å². The molecular formula is C21H19F3N2O5. The first-order valence-corrected chi connectivity index (χ1v) is 9.31. The maximum atomic E-state index is 13.2. The van der Waals surface area contributed by atoms with Gasteiger partial charge in [-0.25, -0.2) is 4.79 Å². The first kappa shape index (κ1) is 22.1. The molecule has 10 heteroatoms. The van der Waals surface area contributed by atoms with Crippen LogP contribution in [0.3, 0.4) is 0 Å². The maximum Gasteiger partial charge on any atom is 0.417 e. The van der Waals surface area contributed by atoms with Crippen molar-refractivity contribution in [3.05, 3.63) is 59.7 Å². The van der Waals surface area contributed by atoms with Crippen molar-refractivity contribution in [3.63, 3.8) is 0 Å². The fourth-order valence-electron chi connectivity index (χ4n) is 3.41. The van der Waals surface area contributed by atoms with Crippen molar-refractivity contribution in [1.29, 1.82) is 0 Å². The van der Waals surface area contributed by atoms with E-state index in [-0.39, 0.29) is 12.5 Å². The van der Waals surface area contributed by atoms with Crippen molar-refractivity contribution in [3.8, 4) is 11.1 Å². The van der Waals surface area contributed by atoms with Crippen LogP contribution in [0.1, 0.15) is 24.0 Å². The van der Waals surface area contributed by atoms with Crippen LogP contribution in [-0.4, -0.2) is 47.9 Å². The van der Waals surface area contributed by atoms with E-state index in [1.54, 1.807) is 5.32 Å². The van der Waals surface area contributed by atoms with E-state index in [0.717, 1.165) is 29.2 Å². The zero-order valence-corrected chi connectivity index (χ0v) is 16.3. The second-order valence-corrected chi connectivity index (χ2v) is 7.01. The number of alkyl carbamates (subject to hydrolysis) is 1. The van der Waals surface area contributed by atoms with Gasteiger partial charge in [-0.3, -0.25) is 9.59 Å². The molecule has 0 saturated carbocycles. The molecule has 1 aliphatic carbocycles. The lowest BCUT2D eigenvalue weighted by molar-refractivity contribution is -0.169. The van der Waals surface area contributed by atoms with Crippen LogP contribution >= 0.6 is 0 Å². The van der Waals surface area contributed by atoms with Crippen molar-refractivity contribution < 1.29 is 37.4 Å². The number of carbonyl (C=O) groups excluding carboxylic acids is 2. The van der Waals surface area contributed by atoms with Gasteiger partial charge in [0.2, 0.25) is 6.04 Å². The molecule has 0 heterocycles. The van der Waals surface area contributed by atoms with Gasteiger partial charge in [0.05, 0.1) is 0 Å². The molecule has 2 atom stereocenters. The average molecular weight is 436 g/mol. The highest BCUT2D eigenvalue weighted by Crippen LogP contribution is 2.44. The van der Waals surface area contributed by atoms with Crippen molar-refractivity contribution in [2.45, 2.75) is 31.1 Å². The lowest BCUT2D eigenvalue weighted by Gasteiger charge is -2.22. The number of aliphatic carboxylic acids is 1. The van der Waals surface area contributed by atoms with Gasteiger partial charge in [0, 0.05) is 5.92 Å². The van der Waals surface area contributed by atoms with Crippen LogP contribution in [0.25, 0.3) is 11.1 Å². The number of rotatable bonds is 6. The molecule has 3 N–H and O–H groups in total. The summed E-state index contributed by atoms with van der Waals surface area (Å²) in [6.45, 7) is 0.762. The molecule has 0 aliphatic heterocycles. The van der Waals surface area contributed by atoms with E-state index in [1.807, 2.05) is 48.5 Å². The van der Waals surface area contributed by atoms with E-state index in [9.17, 15) is 27.6 Å². The summed E-state index contributed by atoms with van der Waals surface area (Å²) in [5.41, 5.74) is 3.64. The molecule has 1 unspecified atom stereocenters. The maximum absolute atomic E-state index is 13.2. The number of carbonyl (C=O) groups is 3. The molecule has 1 aliphatic rings. The number of halogens is 3. The van der Waals surface area contributed by atoms with Gasteiger partial charge in [0.25, 0.3) is 5.91 Å². The minimum absolute atomic E-state index is 0.239. The number of hydrogen-bond donors (Lipinski definition) is 3. The van der Waals surface area contributed by atoms with E-state index < -0.39 is 36.2 Å². The largest absolute Gasteiger partial charge is 0.480 e. The lowest BCUT2D eigenvalue weighted by atomic mass is 9.98. The lowest BCUT2D eigenvalue weighted by Crippen LogP contribution is -2.57. The number of ether oxygens (including phenoxy) is 1. The van der Waals surface area contributed by atoms with Crippen LogP contribution in [0.5, 0.6) is 0 Å². The Morgan fingerprint density at radius 3 is 2.00 bits per heavy atom. The second kappa shape index (κ2) is 8.66. The Bertz CT molecular complexity index is 963. The second-order valence-electron chi connectivity index (χ2n) is 7.01. The normalized spacial score (nSPS) is 14.7. The van der Waals surface area contributed by atoms with Crippen LogP contribution in [0.15, 0.2) is 48.5 Å². The summed E-state index contributed by atoms with van der Waals surface area (Å²) >= 11 is 0. The van der Waals surface area contributed by atoms with Gasteiger partial charge in [0.15, 0.2) is 0 Å². The Hall–Kier alpha value is -3.56. The zero-order valence-electron chi connectivity index (χ0n) is 16.3. The van der Waals surface area contributed by atoms with Crippen LogP contribution in [0.4, 0.5) is 18.0 Å². The number of carboxylic acids is 1. The number of amides is 2. The predicted octanol–water partition coefficient (Wildman–Crippen LogP) is 3.05. The number of benzene rings is 2. The summed E-state index contributed by atoms with van der Waals surface area (Å²) in [6, 6.07) is 10.3. The number of hydrogen-bond acceptors (Lipinski definition) is 4. The summed E-state index contributed by atoms with van der Waals surface area (Å²) in [4.78, 5) is 34.7. The Balaban J connectivity index is 1.70. The summed E-state index contributed by atoms with van der Waals surface area (Å²) in [6.07, 6.45) is -6.59. The molecular weight excluding hydrogens is 417 g/mol. The van der Waals surface area contributed by atoms with Crippen LogP contribution in [-0.2, 0) is 14.3 Å². The molecule has 0 fully saturated rings. The molecule has 2 aromatic carbocycles. The summed E-state index contributed by atoms with van der Waals surface area (Å²) in [5.74, 6) is -3.59. The molecule has 0 spiro atoms. The molecule has 2 amide bonds. The minimum Gasteiger partial charge on any atom is -0.480 e. The molecule has 2 aromatic rings. The molecule has 0 aromatic heterocycles. The minimum atomic E-state index is -5.14. The number of alkyl halides is 3. The van der Waals surface area contributed by atoms with Gasteiger partial charge in [0.1, 0.15) is 12.6 Å². The Labute approximate surface area is 175 Å². The SMILES string of the molecule is C[C@@H](NC(=O)C(NC(=O)OCC1c2ccccc2-c2ccccc21)C(F)(F)F)C(=O)O. The highest BCUT2D eigenvalue weighted by atomic mass is 19.4. The number of carboxylic acid groups (broad SMARTS) is 1. The highest BCUT2D eigenvalue weighted by Gasteiger charge is 2.47. The quantitative estimate of drug-likeness (QED) is 0.646. The van der Waals surface area contributed by atoms with Crippen molar-refractivity contribution in [2.75, 3.05) is 6.61 Å². The van der Waals surface area contributed by atoms with Gasteiger partial charge in [-0.15, -0.1) is 0 Å². The Kier molecular flexibility index (Phi) is 6.19. The highest BCUT2D eigenvalue weighted by molar-refractivity contribution is 5.89. The van der Waals surface area contributed by atoms with Gasteiger partial charge >= 0.3 is 18.2 Å². The third-order valence-corrected chi connectivity index (χ3v) is 4.92. The number of nitrogens with one attached hydrogen (secondary N) is 2. The van der Waals surface area contributed by atoms with Crippen LogP contribution in [0, 0.1) is 0 Å². The summed E-state index contributed by atoms with van der Waals surface area (Å²) < 4.78 is 44.7. The smallest absolute Gasteiger partial charge is 0.417 e. The van der Waals surface area contributed by atoms with E-state index in [0.29, 0.717) is 0 Å². The van der Waals surface area contributed by atoms with Crippen molar-refractivity contribution in [2.24, 2.45) is 0 Å². The standard InChI is InChI=1S/C21H19F3N2O5/c1-11(19(28)29)25-18(27)17(21(22,23)24)26-20(30)31-10-16-14-8-4-2-6-12(14)13-7-3-5-9-15(13)16/h2-9,11,16-17H,10H2,1H3,(H,25,27)(H,26,30)(H,28,29)/t11-,17?/m1/s1. The first-order chi connectivity index (χ1) is 14.6.